The van der Waals surface area contributed by atoms with Gasteiger partial charge in [-0.1, -0.05) is 30.3 Å². The number of hydrogen-bond donors (Lipinski definition) is 1. The van der Waals surface area contributed by atoms with Gasteiger partial charge < -0.3 is 14.2 Å². The van der Waals surface area contributed by atoms with E-state index < -0.39 is 10.0 Å². The molecule has 0 radical (unpaired) electrons. The van der Waals surface area contributed by atoms with Crippen LogP contribution < -0.4 is 18.9 Å². The van der Waals surface area contributed by atoms with Gasteiger partial charge >= 0.3 is 0 Å². The summed E-state index contributed by atoms with van der Waals surface area (Å²) in [4.78, 5) is 0.0232. The van der Waals surface area contributed by atoms with E-state index in [0.29, 0.717) is 11.5 Å². The van der Waals surface area contributed by atoms with Crippen molar-refractivity contribution in [2.75, 3.05) is 27.4 Å². The summed E-state index contributed by atoms with van der Waals surface area (Å²) >= 11 is 0. The molecule has 0 heterocycles. The van der Waals surface area contributed by atoms with Crippen LogP contribution in [-0.2, 0) is 10.0 Å². The van der Waals surface area contributed by atoms with Crippen molar-refractivity contribution < 1.29 is 22.6 Å². The van der Waals surface area contributed by atoms with E-state index in [-0.39, 0.29) is 23.8 Å². The van der Waals surface area contributed by atoms with E-state index in [2.05, 4.69) is 4.72 Å². The summed E-state index contributed by atoms with van der Waals surface area (Å²) in [6.07, 6.45) is 0. The number of ether oxygens (including phenoxy) is 3. The highest BCUT2D eigenvalue weighted by atomic mass is 32.2. The van der Waals surface area contributed by atoms with Crippen LogP contribution in [0.4, 0.5) is 0 Å². The van der Waals surface area contributed by atoms with Crippen LogP contribution in [0.3, 0.4) is 0 Å². The van der Waals surface area contributed by atoms with Crippen LogP contribution in [0.1, 0.15) is 0 Å². The number of nitrogens with one attached hydrogen (secondary N) is 1. The van der Waals surface area contributed by atoms with Crippen LogP contribution in [0, 0.1) is 0 Å². The molecule has 0 aliphatic carbocycles. The molecule has 0 fully saturated rings. The monoisotopic (exact) mass is 387 g/mol. The first-order valence-corrected chi connectivity index (χ1v) is 9.85. The Morgan fingerprint density at radius 2 is 1.59 bits per heavy atom. The molecule has 27 heavy (non-hydrogen) atoms. The Labute approximate surface area is 158 Å². The van der Waals surface area contributed by atoms with Crippen LogP contribution in [0.15, 0.2) is 65.6 Å². The Bertz CT molecular complexity index is 1030. The molecule has 0 unspecified atom stereocenters. The summed E-state index contributed by atoms with van der Waals surface area (Å²) in [5.74, 6) is 1.37. The van der Waals surface area contributed by atoms with Gasteiger partial charge in [0, 0.05) is 12.6 Å². The summed E-state index contributed by atoms with van der Waals surface area (Å²) in [5.41, 5.74) is 0. The van der Waals surface area contributed by atoms with Crippen LogP contribution >= 0.6 is 0 Å². The lowest BCUT2D eigenvalue weighted by molar-refractivity contribution is 0.323. The van der Waals surface area contributed by atoms with Gasteiger partial charge in [-0.2, -0.15) is 0 Å². The van der Waals surface area contributed by atoms with E-state index in [0.717, 1.165) is 10.8 Å². The second kappa shape index (κ2) is 8.28. The van der Waals surface area contributed by atoms with Gasteiger partial charge in [-0.25, -0.2) is 13.1 Å². The second-order valence-electron chi connectivity index (χ2n) is 5.77. The summed E-state index contributed by atoms with van der Waals surface area (Å²) in [6.45, 7) is 0.319. The molecular formula is C20H21NO5S. The van der Waals surface area contributed by atoms with Gasteiger partial charge in [-0.3, -0.25) is 0 Å². The van der Waals surface area contributed by atoms with Crippen molar-refractivity contribution in [1.82, 2.24) is 4.72 Å². The minimum absolute atomic E-state index is 0.0232. The van der Waals surface area contributed by atoms with Crippen LogP contribution in [0.25, 0.3) is 10.8 Å². The molecule has 0 saturated carbocycles. The molecular weight excluding hydrogens is 366 g/mol. The molecule has 0 aliphatic rings. The fourth-order valence-corrected chi connectivity index (χ4v) is 3.87. The first-order valence-electron chi connectivity index (χ1n) is 8.37. The predicted octanol–water partition coefficient (Wildman–Crippen LogP) is 3.21. The summed E-state index contributed by atoms with van der Waals surface area (Å²) in [7, 11) is -0.864. The highest BCUT2D eigenvalue weighted by Crippen LogP contribution is 2.28. The highest BCUT2D eigenvalue weighted by Gasteiger charge is 2.20. The number of hydrogen-bond acceptors (Lipinski definition) is 5. The molecule has 0 bridgehead atoms. The minimum Gasteiger partial charge on any atom is -0.497 e. The fourth-order valence-electron chi connectivity index (χ4n) is 2.67. The summed E-state index contributed by atoms with van der Waals surface area (Å²) in [6, 6.07) is 18.3. The van der Waals surface area contributed by atoms with Gasteiger partial charge in [-0.05, 0) is 35.0 Å². The zero-order chi connectivity index (χ0) is 19.3. The van der Waals surface area contributed by atoms with Crippen LogP contribution in [0.2, 0.25) is 0 Å². The first kappa shape index (κ1) is 19.0. The SMILES string of the molecule is COc1ccc(OC)c(S(=O)(=O)NCCOc2ccc3ccccc3c2)c1. The largest absolute Gasteiger partial charge is 0.497 e. The van der Waals surface area contributed by atoms with Crippen molar-refractivity contribution in [3.8, 4) is 17.2 Å². The third-order valence-electron chi connectivity index (χ3n) is 4.04. The molecule has 1 N–H and O–H groups in total. The number of rotatable bonds is 8. The summed E-state index contributed by atoms with van der Waals surface area (Å²) < 4.78 is 43.5. The number of methoxy groups -OCH3 is 2. The summed E-state index contributed by atoms with van der Waals surface area (Å²) in [5, 5.41) is 2.19. The third kappa shape index (κ3) is 4.50. The van der Waals surface area contributed by atoms with Crippen molar-refractivity contribution in [2.45, 2.75) is 4.90 Å². The van der Waals surface area contributed by atoms with Crippen molar-refractivity contribution in [2.24, 2.45) is 0 Å². The normalized spacial score (nSPS) is 11.3. The van der Waals surface area contributed by atoms with Gasteiger partial charge in [0.2, 0.25) is 10.0 Å². The molecule has 0 atom stereocenters. The molecule has 3 aromatic rings. The Kier molecular flexibility index (Phi) is 5.83. The van der Waals surface area contributed by atoms with Gasteiger partial charge in [0.1, 0.15) is 28.8 Å². The van der Waals surface area contributed by atoms with Crippen molar-refractivity contribution >= 4 is 20.8 Å². The average molecular weight is 387 g/mol. The molecule has 0 spiro atoms. The predicted molar refractivity (Wildman–Crippen MR) is 104 cm³/mol. The molecule has 3 aromatic carbocycles. The molecule has 0 aliphatic heterocycles. The third-order valence-corrected chi connectivity index (χ3v) is 5.53. The molecule has 142 valence electrons. The quantitative estimate of drug-likeness (QED) is 0.601. The van der Waals surface area contributed by atoms with Gasteiger partial charge in [0.05, 0.1) is 14.2 Å². The van der Waals surface area contributed by atoms with E-state index in [9.17, 15) is 8.42 Å². The fraction of sp³-hybridized carbons (Fsp3) is 0.200. The average Bonchev–Trinajstić information content (AvgIpc) is 2.70. The lowest BCUT2D eigenvalue weighted by Gasteiger charge is -2.12. The molecule has 6 nitrogen and oxygen atoms in total. The maximum Gasteiger partial charge on any atom is 0.244 e. The van der Waals surface area contributed by atoms with E-state index in [1.54, 1.807) is 12.1 Å². The zero-order valence-corrected chi connectivity index (χ0v) is 16.0. The standard InChI is InChI=1S/C20H21NO5S/c1-24-17-9-10-19(25-2)20(14-17)27(22,23)21-11-12-26-18-8-7-15-5-3-4-6-16(15)13-18/h3-10,13-14,21H,11-12H2,1-2H3. The second-order valence-corrected chi connectivity index (χ2v) is 7.51. The first-order chi connectivity index (χ1) is 13.0. The Morgan fingerprint density at radius 1 is 0.852 bits per heavy atom. The Hall–Kier alpha value is -2.77. The number of benzene rings is 3. The maximum atomic E-state index is 12.6. The Balaban J connectivity index is 1.63. The lowest BCUT2D eigenvalue weighted by Crippen LogP contribution is -2.28. The minimum atomic E-state index is -3.76. The smallest absolute Gasteiger partial charge is 0.244 e. The van der Waals surface area contributed by atoms with Gasteiger partial charge in [0.25, 0.3) is 0 Å². The van der Waals surface area contributed by atoms with Crippen molar-refractivity contribution in [3.63, 3.8) is 0 Å². The van der Waals surface area contributed by atoms with E-state index in [1.807, 2.05) is 42.5 Å². The zero-order valence-electron chi connectivity index (χ0n) is 15.1. The van der Waals surface area contributed by atoms with E-state index >= 15 is 0 Å². The Morgan fingerprint density at radius 3 is 2.33 bits per heavy atom. The number of fused-ring (bicyclic) bond motifs is 1. The molecule has 0 saturated heterocycles. The molecule has 7 heteroatoms. The maximum absolute atomic E-state index is 12.6. The van der Waals surface area contributed by atoms with Gasteiger partial charge in [-0.15, -0.1) is 0 Å². The molecule has 0 aromatic heterocycles. The van der Waals surface area contributed by atoms with Crippen LogP contribution in [0.5, 0.6) is 17.2 Å². The topological polar surface area (TPSA) is 73.9 Å². The van der Waals surface area contributed by atoms with Gasteiger partial charge in [0.15, 0.2) is 0 Å². The lowest BCUT2D eigenvalue weighted by atomic mass is 10.1. The van der Waals surface area contributed by atoms with E-state index in [4.69, 9.17) is 14.2 Å². The van der Waals surface area contributed by atoms with E-state index in [1.165, 1.54) is 20.3 Å². The van der Waals surface area contributed by atoms with Crippen LogP contribution in [-0.4, -0.2) is 35.8 Å². The molecule has 0 amide bonds. The highest BCUT2D eigenvalue weighted by molar-refractivity contribution is 7.89. The van der Waals surface area contributed by atoms with Crippen molar-refractivity contribution in [1.29, 1.82) is 0 Å². The molecule has 3 rings (SSSR count). The number of sulfonamides is 1. The van der Waals surface area contributed by atoms with Crippen molar-refractivity contribution in [3.05, 3.63) is 60.7 Å².